The Bertz CT molecular complexity index is 339. The van der Waals surface area contributed by atoms with Crippen LogP contribution in [-0.4, -0.2) is 11.7 Å². The van der Waals surface area contributed by atoms with Gasteiger partial charge in [0.2, 0.25) is 0 Å². The molecule has 70 valence electrons. The molecule has 0 fully saturated rings. The van der Waals surface area contributed by atoms with E-state index in [0.29, 0.717) is 30.0 Å². The van der Waals surface area contributed by atoms with Gasteiger partial charge in [-0.15, -0.1) is 0 Å². The molecule has 1 heterocycles. The van der Waals surface area contributed by atoms with Gasteiger partial charge in [-0.3, -0.25) is 0 Å². The number of rotatable bonds is 0. The minimum Gasteiger partial charge on any atom is -0.505 e. The average molecular weight is 180 g/mol. The van der Waals surface area contributed by atoms with Crippen LogP contribution in [0.15, 0.2) is 12.1 Å². The molecule has 1 aliphatic heterocycles. The Morgan fingerprint density at radius 2 is 2.23 bits per heavy atom. The van der Waals surface area contributed by atoms with Gasteiger partial charge in [-0.25, -0.2) is 0 Å². The van der Waals surface area contributed by atoms with Gasteiger partial charge in [-0.2, -0.15) is 0 Å². The molecule has 0 spiro atoms. The van der Waals surface area contributed by atoms with Crippen LogP contribution in [0.1, 0.15) is 18.0 Å². The summed E-state index contributed by atoms with van der Waals surface area (Å²) in [5.41, 5.74) is 12.3. The summed E-state index contributed by atoms with van der Waals surface area (Å²) in [7, 11) is 0. The van der Waals surface area contributed by atoms with E-state index in [9.17, 15) is 5.11 Å². The van der Waals surface area contributed by atoms with Crippen molar-refractivity contribution in [2.24, 2.45) is 5.73 Å². The monoisotopic (exact) mass is 180 g/mol. The van der Waals surface area contributed by atoms with Crippen molar-refractivity contribution >= 4 is 5.69 Å². The molecule has 0 aromatic heterocycles. The van der Waals surface area contributed by atoms with Crippen LogP contribution in [0.2, 0.25) is 0 Å². The molecule has 2 rings (SSSR count). The highest BCUT2D eigenvalue weighted by atomic mass is 16.5. The van der Waals surface area contributed by atoms with Gasteiger partial charge in [0.25, 0.3) is 0 Å². The number of phenols is 1. The minimum absolute atomic E-state index is 0.0599. The van der Waals surface area contributed by atoms with Gasteiger partial charge in [0.1, 0.15) is 11.5 Å². The molecule has 0 aliphatic carbocycles. The molecule has 1 aromatic rings. The number of phenolic OH excluding ortho intramolecular Hbond substituents is 1. The van der Waals surface area contributed by atoms with E-state index < -0.39 is 0 Å². The lowest BCUT2D eigenvalue weighted by Crippen LogP contribution is -2.20. The number of fused-ring (bicyclic) bond motifs is 1. The standard InChI is InChI=1S/C9H12N2O2/c10-5-3-4-13-7-2-1-6(11)9(12)8(5)7/h1-2,5,12H,3-4,10-11H2. The van der Waals surface area contributed by atoms with Crippen molar-refractivity contribution in [1.29, 1.82) is 0 Å². The Balaban J connectivity index is 2.58. The number of aromatic hydroxyl groups is 1. The number of hydrogen-bond donors (Lipinski definition) is 3. The van der Waals surface area contributed by atoms with Crippen molar-refractivity contribution in [2.45, 2.75) is 12.5 Å². The maximum absolute atomic E-state index is 9.63. The van der Waals surface area contributed by atoms with E-state index in [-0.39, 0.29) is 11.8 Å². The quantitative estimate of drug-likeness (QED) is 0.406. The average Bonchev–Trinajstić information content (AvgIpc) is 2.12. The molecule has 1 aromatic carbocycles. The van der Waals surface area contributed by atoms with Crippen molar-refractivity contribution in [1.82, 2.24) is 0 Å². The van der Waals surface area contributed by atoms with E-state index in [2.05, 4.69) is 0 Å². The van der Waals surface area contributed by atoms with Crippen molar-refractivity contribution in [3.05, 3.63) is 17.7 Å². The Kier molecular flexibility index (Phi) is 1.77. The second kappa shape index (κ2) is 2.81. The minimum atomic E-state index is -0.174. The highest BCUT2D eigenvalue weighted by Gasteiger charge is 2.22. The Hall–Kier alpha value is -1.42. The van der Waals surface area contributed by atoms with Crippen molar-refractivity contribution in [2.75, 3.05) is 12.3 Å². The first-order valence-electron chi connectivity index (χ1n) is 4.20. The lowest BCUT2D eigenvalue weighted by molar-refractivity contribution is 0.264. The maximum Gasteiger partial charge on any atom is 0.146 e. The molecule has 0 amide bonds. The van der Waals surface area contributed by atoms with E-state index in [0.717, 1.165) is 0 Å². The van der Waals surface area contributed by atoms with Crippen LogP contribution in [0.25, 0.3) is 0 Å². The lowest BCUT2D eigenvalue weighted by atomic mass is 9.99. The number of benzene rings is 1. The summed E-state index contributed by atoms with van der Waals surface area (Å²) >= 11 is 0. The van der Waals surface area contributed by atoms with Gasteiger partial charge >= 0.3 is 0 Å². The summed E-state index contributed by atoms with van der Waals surface area (Å²) in [4.78, 5) is 0. The highest BCUT2D eigenvalue weighted by molar-refractivity contribution is 5.62. The van der Waals surface area contributed by atoms with Crippen molar-refractivity contribution in [3.63, 3.8) is 0 Å². The Labute approximate surface area is 76.1 Å². The third kappa shape index (κ3) is 1.19. The first kappa shape index (κ1) is 8.19. The fraction of sp³-hybridized carbons (Fsp3) is 0.333. The van der Waals surface area contributed by atoms with Crippen molar-refractivity contribution < 1.29 is 9.84 Å². The van der Waals surface area contributed by atoms with Gasteiger partial charge in [0, 0.05) is 12.5 Å². The molecule has 0 radical (unpaired) electrons. The maximum atomic E-state index is 9.63. The zero-order chi connectivity index (χ0) is 9.42. The van der Waals surface area contributed by atoms with Crippen LogP contribution in [0, 0.1) is 0 Å². The molecule has 4 heteroatoms. The summed E-state index contributed by atoms with van der Waals surface area (Å²) in [6, 6.07) is 3.18. The second-order valence-electron chi connectivity index (χ2n) is 3.16. The van der Waals surface area contributed by atoms with Crippen LogP contribution in [0.5, 0.6) is 11.5 Å². The topological polar surface area (TPSA) is 81.5 Å². The fourth-order valence-electron chi connectivity index (χ4n) is 1.53. The predicted molar refractivity (Wildman–Crippen MR) is 49.6 cm³/mol. The molecule has 13 heavy (non-hydrogen) atoms. The molecule has 0 saturated heterocycles. The first-order valence-corrected chi connectivity index (χ1v) is 4.20. The van der Waals surface area contributed by atoms with Gasteiger partial charge in [-0.1, -0.05) is 0 Å². The summed E-state index contributed by atoms with van der Waals surface area (Å²) in [6.07, 6.45) is 0.712. The second-order valence-corrected chi connectivity index (χ2v) is 3.16. The molecule has 0 bridgehead atoms. The third-order valence-electron chi connectivity index (χ3n) is 2.27. The summed E-state index contributed by atoms with van der Waals surface area (Å²) in [6.45, 7) is 0.595. The third-order valence-corrected chi connectivity index (χ3v) is 2.27. The number of hydrogen-bond acceptors (Lipinski definition) is 4. The van der Waals surface area contributed by atoms with Crippen LogP contribution in [0.3, 0.4) is 0 Å². The van der Waals surface area contributed by atoms with Gasteiger partial charge < -0.3 is 21.3 Å². The summed E-state index contributed by atoms with van der Waals surface area (Å²) in [5, 5.41) is 9.63. The Morgan fingerprint density at radius 1 is 1.46 bits per heavy atom. The fourth-order valence-corrected chi connectivity index (χ4v) is 1.53. The van der Waals surface area contributed by atoms with Crippen LogP contribution in [0.4, 0.5) is 5.69 Å². The zero-order valence-electron chi connectivity index (χ0n) is 7.16. The number of ether oxygens (including phenoxy) is 1. The van der Waals surface area contributed by atoms with E-state index in [1.165, 1.54) is 0 Å². The first-order chi connectivity index (χ1) is 6.20. The normalized spacial score (nSPS) is 20.5. The molecule has 4 nitrogen and oxygen atoms in total. The van der Waals surface area contributed by atoms with Crippen LogP contribution >= 0.6 is 0 Å². The van der Waals surface area contributed by atoms with Crippen LogP contribution in [-0.2, 0) is 0 Å². The summed E-state index contributed by atoms with van der Waals surface area (Å²) in [5.74, 6) is 0.704. The summed E-state index contributed by atoms with van der Waals surface area (Å²) < 4.78 is 5.33. The molecular weight excluding hydrogens is 168 g/mol. The Morgan fingerprint density at radius 3 is 3.00 bits per heavy atom. The SMILES string of the molecule is Nc1ccc2c(c1O)C(N)CCO2. The number of nitrogens with two attached hydrogens (primary N) is 2. The smallest absolute Gasteiger partial charge is 0.146 e. The molecule has 0 saturated carbocycles. The van der Waals surface area contributed by atoms with E-state index >= 15 is 0 Å². The molecular formula is C9H12N2O2. The zero-order valence-corrected chi connectivity index (χ0v) is 7.16. The van der Waals surface area contributed by atoms with Gasteiger partial charge in [0.15, 0.2) is 0 Å². The van der Waals surface area contributed by atoms with E-state index in [1.54, 1.807) is 12.1 Å². The predicted octanol–water partition coefficient (Wildman–Crippen LogP) is 0.757. The largest absolute Gasteiger partial charge is 0.505 e. The number of anilines is 1. The molecule has 1 aliphatic rings. The number of nitrogen functional groups attached to an aromatic ring is 1. The van der Waals surface area contributed by atoms with E-state index in [1.807, 2.05) is 0 Å². The molecule has 5 N–H and O–H groups in total. The van der Waals surface area contributed by atoms with Gasteiger partial charge in [0.05, 0.1) is 17.9 Å². The molecule has 1 unspecified atom stereocenters. The van der Waals surface area contributed by atoms with Crippen LogP contribution < -0.4 is 16.2 Å². The highest BCUT2D eigenvalue weighted by Crippen LogP contribution is 2.40. The van der Waals surface area contributed by atoms with E-state index in [4.69, 9.17) is 16.2 Å². The van der Waals surface area contributed by atoms with Crippen molar-refractivity contribution in [3.8, 4) is 11.5 Å². The molecule has 1 atom stereocenters. The van der Waals surface area contributed by atoms with Gasteiger partial charge in [-0.05, 0) is 12.1 Å². The lowest BCUT2D eigenvalue weighted by Gasteiger charge is -2.24.